The zero-order valence-electron chi connectivity index (χ0n) is 11.5. The number of carboxylic acids is 1. The molecule has 1 aromatic carbocycles. The Bertz CT molecular complexity index is 481. The number of nitrogens with zero attached hydrogens (tertiary/aromatic N) is 1. The van der Waals surface area contributed by atoms with E-state index in [0.717, 1.165) is 31.0 Å². The van der Waals surface area contributed by atoms with Gasteiger partial charge in [-0.05, 0) is 30.7 Å². The van der Waals surface area contributed by atoms with Gasteiger partial charge in [0.15, 0.2) is 0 Å². The molecule has 0 aliphatic carbocycles. The molecular weight excluding hydrogens is 258 g/mol. The van der Waals surface area contributed by atoms with Crippen LogP contribution in [0.15, 0.2) is 35.9 Å². The Labute approximate surface area is 118 Å². The van der Waals surface area contributed by atoms with E-state index in [1.54, 1.807) is 13.2 Å². The van der Waals surface area contributed by atoms with Crippen LogP contribution in [0.25, 0.3) is 0 Å². The van der Waals surface area contributed by atoms with E-state index in [1.807, 2.05) is 24.3 Å². The molecule has 5 nitrogen and oxygen atoms in total. The number of methoxy groups -OCH3 is 1. The summed E-state index contributed by atoms with van der Waals surface area (Å²) >= 11 is 0. The molecule has 0 fully saturated rings. The number of benzene rings is 1. The first-order valence-electron chi connectivity index (χ1n) is 6.60. The minimum atomic E-state index is -0.828. The third-order valence-electron chi connectivity index (χ3n) is 3.24. The molecular formula is C15H19NO4. The predicted molar refractivity (Wildman–Crippen MR) is 75.3 cm³/mol. The summed E-state index contributed by atoms with van der Waals surface area (Å²) in [5, 5.41) is 8.97. The molecule has 0 spiro atoms. The number of carbonyl (C=O) groups is 1. The monoisotopic (exact) mass is 277 g/mol. The summed E-state index contributed by atoms with van der Waals surface area (Å²) in [4.78, 5) is 13.0. The quantitative estimate of drug-likeness (QED) is 0.859. The molecule has 20 heavy (non-hydrogen) atoms. The van der Waals surface area contributed by atoms with E-state index in [0.29, 0.717) is 18.7 Å². The van der Waals surface area contributed by atoms with Crippen molar-refractivity contribution in [1.29, 1.82) is 0 Å². The fraction of sp³-hybridized carbons (Fsp3) is 0.400. The Morgan fingerprint density at radius 1 is 1.30 bits per heavy atom. The number of hydrogen-bond donors (Lipinski definition) is 1. The first-order chi connectivity index (χ1) is 9.69. The summed E-state index contributed by atoms with van der Waals surface area (Å²) < 4.78 is 10.7. The highest BCUT2D eigenvalue weighted by molar-refractivity contribution is 5.87. The molecule has 0 saturated carbocycles. The van der Waals surface area contributed by atoms with Crippen LogP contribution in [0.3, 0.4) is 0 Å². The van der Waals surface area contributed by atoms with Gasteiger partial charge in [0.05, 0.1) is 7.11 Å². The Kier molecular flexibility index (Phi) is 5.01. The van der Waals surface area contributed by atoms with Crippen molar-refractivity contribution in [3.05, 3.63) is 35.9 Å². The molecule has 1 aromatic rings. The van der Waals surface area contributed by atoms with Gasteiger partial charge >= 0.3 is 5.97 Å². The third kappa shape index (κ3) is 3.99. The Morgan fingerprint density at radius 2 is 2.00 bits per heavy atom. The molecule has 0 aromatic heterocycles. The average molecular weight is 277 g/mol. The number of rotatable bonds is 6. The van der Waals surface area contributed by atoms with Crippen LogP contribution < -0.4 is 9.47 Å². The maximum atomic E-state index is 10.9. The van der Waals surface area contributed by atoms with Gasteiger partial charge < -0.3 is 14.6 Å². The molecule has 1 aliphatic rings. The molecule has 0 unspecified atom stereocenters. The molecule has 1 heterocycles. The van der Waals surface area contributed by atoms with Crippen molar-refractivity contribution in [1.82, 2.24) is 4.90 Å². The fourth-order valence-electron chi connectivity index (χ4n) is 2.12. The zero-order chi connectivity index (χ0) is 14.4. The van der Waals surface area contributed by atoms with Crippen molar-refractivity contribution >= 4 is 5.97 Å². The lowest BCUT2D eigenvalue weighted by Gasteiger charge is -2.25. The number of carboxylic acid groups (broad SMARTS) is 1. The molecule has 0 saturated heterocycles. The normalized spacial score (nSPS) is 15.6. The highest BCUT2D eigenvalue weighted by Crippen LogP contribution is 2.17. The van der Waals surface area contributed by atoms with Crippen LogP contribution in [-0.4, -0.2) is 49.3 Å². The standard InChI is InChI=1S/C15H19NO4/c1-19-13-4-6-14(7-5-13)20-10-9-16-8-2-3-12(11-16)15(17)18/h3-7H,2,8-11H2,1H3,(H,17,18). The molecule has 1 aliphatic heterocycles. The van der Waals surface area contributed by atoms with E-state index < -0.39 is 5.97 Å². The predicted octanol–water partition coefficient (Wildman–Crippen LogP) is 1.79. The Hall–Kier alpha value is -2.01. The summed E-state index contributed by atoms with van der Waals surface area (Å²) in [6.45, 7) is 2.62. The SMILES string of the molecule is COc1ccc(OCCN2CCC=C(C(=O)O)C2)cc1. The zero-order valence-corrected chi connectivity index (χ0v) is 11.5. The first kappa shape index (κ1) is 14.4. The van der Waals surface area contributed by atoms with Crippen molar-refractivity contribution in [3.8, 4) is 11.5 Å². The van der Waals surface area contributed by atoms with E-state index >= 15 is 0 Å². The molecule has 0 amide bonds. The van der Waals surface area contributed by atoms with E-state index in [9.17, 15) is 4.79 Å². The molecule has 0 radical (unpaired) electrons. The van der Waals surface area contributed by atoms with E-state index in [2.05, 4.69) is 4.90 Å². The van der Waals surface area contributed by atoms with Gasteiger partial charge in [-0.2, -0.15) is 0 Å². The van der Waals surface area contributed by atoms with E-state index in [1.165, 1.54) is 0 Å². The minimum absolute atomic E-state index is 0.473. The minimum Gasteiger partial charge on any atom is -0.497 e. The molecule has 5 heteroatoms. The number of aliphatic carboxylic acids is 1. The van der Waals surface area contributed by atoms with Crippen molar-refractivity contribution in [2.75, 3.05) is 33.4 Å². The van der Waals surface area contributed by atoms with E-state index in [-0.39, 0.29) is 0 Å². The second-order valence-electron chi connectivity index (χ2n) is 4.62. The van der Waals surface area contributed by atoms with Gasteiger partial charge in [-0.25, -0.2) is 4.79 Å². The second-order valence-corrected chi connectivity index (χ2v) is 4.62. The lowest BCUT2D eigenvalue weighted by Crippen LogP contribution is -2.35. The summed E-state index contributed by atoms with van der Waals surface area (Å²) in [6, 6.07) is 7.41. The highest BCUT2D eigenvalue weighted by atomic mass is 16.5. The van der Waals surface area contributed by atoms with Crippen LogP contribution in [0.5, 0.6) is 11.5 Å². The maximum absolute atomic E-state index is 10.9. The molecule has 0 atom stereocenters. The highest BCUT2D eigenvalue weighted by Gasteiger charge is 2.16. The maximum Gasteiger partial charge on any atom is 0.332 e. The van der Waals surface area contributed by atoms with Gasteiger partial charge in [0.2, 0.25) is 0 Å². The van der Waals surface area contributed by atoms with Crippen molar-refractivity contribution in [2.24, 2.45) is 0 Å². The van der Waals surface area contributed by atoms with Gasteiger partial charge in [0.1, 0.15) is 18.1 Å². The summed E-state index contributed by atoms with van der Waals surface area (Å²) in [7, 11) is 1.62. The van der Waals surface area contributed by atoms with Gasteiger partial charge in [-0.1, -0.05) is 6.08 Å². The summed E-state index contributed by atoms with van der Waals surface area (Å²) in [6.07, 6.45) is 2.58. The average Bonchev–Trinajstić information content (AvgIpc) is 2.48. The lowest BCUT2D eigenvalue weighted by atomic mass is 10.1. The topological polar surface area (TPSA) is 59.0 Å². The van der Waals surface area contributed by atoms with Crippen LogP contribution in [0.2, 0.25) is 0 Å². The number of hydrogen-bond acceptors (Lipinski definition) is 4. The summed E-state index contributed by atoms with van der Waals surface area (Å²) in [5.74, 6) is 0.757. The molecule has 108 valence electrons. The van der Waals surface area contributed by atoms with Crippen LogP contribution in [0, 0.1) is 0 Å². The third-order valence-corrected chi connectivity index (χ3v) is 3.24. The van der Waals surface area contributed by atoms with Crippen molar-refractivity contribution < 1.29 is 19.4 Å². The van der Waals surface area contributed by atoms with Gasteiger partial charge in [-0.3, -0.25) is 4.90 Å². The van der Waals surface area contributed by atoms with Gasteiger partial charge in [0, 0.05) is 25.2 Å². The van der Waals surface area contributed by atoms with Gasteiger partial charge in [-0.15, -0.1) is 0 Å². The largest absolute Gasteiger partial charge is 0.497 e. The number of ether oxygens (including phenoxy) is 2. The lowest BCUT2D eigenvalue weighted by molar-refractivity contribution is -0.133. The van der Waals surface area contributed by atoms with Crippen LogP contribution in [0.4, 0.5) is 0 Å². The van der Waals surface area contributed by atoms with Crippen LogP contribution >= 0.6 is 0 Å². The second kappa shape index (κ2) is 6.96. The van der Waals surface area contributed by atoms with E-state index in [4.69, 9.17) is 14.6 Å². The van der Waals surface area contributed by atoms with Crippen LogP contribution in [0.1, 0.15) is 6.42 Å². The Morgan fingerprint density at radius 3 is 2.65 bits per heavy atom. The van der Waals surface area contributed by atoms with Crippen LogP contribution in [-0.2, 0) is 4.79 Å². The van der Waals surface area contributed by atoms with Crippen molar-refractivity contribution in [2.45, 2.75) is 6.42 Å². The first-order valence-corrected chi connectivity index (χ1v) is 6.60. The van der Waals surface area contributed by atoms with Crippen molar-refractivity contribution in [3.63, 3.8) is 0 Å². The van der Waals surface area contributed by atoms with Gasteiger partial charge in [0.25, 0.3) is 0 Å². The molecule has 1 N–H and O–H groups in total. The molecule has 0 bridgehead atoms. The fourth-order valence-corrected chi connectivity index (χ4v) is 2.12. The smallest absolute Gasteiger partial charge is 0.332 e. The Balaban J connectivity index is 1.75. The molecule has 2 rings (SSSR count). The summed E-state index contributed by atoms with van der Waals surface area (Å²) in [5.41, 5.74) is 0.473.